The van der Waals surface area contributed by atoms with Crippen molar-refractivity contribution in [2.24, 2.45) is 0 Å². The SMILES string of the molecule is Cc1cc(Br)oc1C(=O)NCc1ccc(CN2CCCCCC2)cc1. The van der Waals surface area contributed by atoms with E-state index < -0.39 is 0 Å². The maximum absolute atomic E-state index is 12.2. The molecule has 3 rings (SSSR count). The minimum absolute atomic E-state index is 0.183. The van der Waals surface area contributed by atoms with Crippen LogP contribution in [-0.2, 0) is 13.1 Å². The van der Waals surface area contributed by atoms with E-state index >= 15 is 0 Å². The van der Waals surface area contributed by atoms with E-state index in [1.807, 2.05) is 6.92 Å². The monoisotopic (exact) mass is 404 g/mol. The zero-order valence-corrected chi connectivity index (χ0v) is 16.3. The highest BCUT2D eigenvalue weighted by Crippen LogP contribution is 2.19. The highest BCUT2D eigenvalue weighted by molar-refractivity contribution is 9.10. The van der Waals surface area contributed by atoms with Gasteiger partial charge in [0.25, 0.3) is 5.91 Å². The lowest BCUT2D eigenvalue weighted by Gasteiger charge is -2.19. The second kappa shape index (κ2) is 8.68. The zero-order chi connectivity index (χ0) is 17.6. The first-order valence-electron chi connectivity index (χ1n) is 8.96. The molecule has 1 aromatic carbocycles. The largest absolute Gasteiger partial charge is 0.444 e. The van der Waals surface area contributed by atoms with Crippen LogP contribution in [0.5, 0.6) is 0 Å². The van der Waals surface area contributed by atoms with Crippen LogP contribution in [0.4, 0.5) is 0 Å². The van der Waals surface area contributed by atoms with E-state index in [9.17, 15) is 4.79 Å². The highest BCUT2D eigenvalue weighted by Gasteiger charge is 2.14. The fraction of sp³-hybridized carbons (Fsp3) is 0.450. The second-order valence-electron chi connectivity index (χ2n) is 6.75. The maximum Gasteiger partial charge on any atom is 0.287 e. The molecule has 0 radical (unpaired) electrons. The lowest BCUT2D eigenvalue weighted by molar-refractivity contribution is 0.0921. The molecule has 1 aliphatic heterocycles. The average Bonchev–Trinajstić information content (AvgIpc) is 2.79. The van der Waals surface area contributed by atoms with Crippen molar-refractivity contribution in [1.82, 2.24) is 10.2 Å². The average molecular weight is 405 g/mol. The van der Waals surface area contributed by atoms with E-state index in [2.05, 4.69) is 50.4 Å². The predicted octanol–water partition coefficient (Wildman–Crippen LogP) is 4.66. The smallest absolute Gasteiger partial charge is 0.287 e. The summed E-state index contributed by atoms with van der Waals surface area (Å²) in [6, 6.07) is 10.3. The molecule has 1 saturated heterocycles. The Morgan fingerprint density at radius 1 is 1.12 bits per heavy atom. The minimum Gasteiger partial charge on any atom is -0.444 e. The molecule has 4 nitrogen and oxygen atoms in total. The number of carbonyl (C=O) groups is 1. The molecule has 2 heterocycles. The number of halogens is 1. The Labute approximate surface area is 157 Å². The third-order valence-corrected chi connectivity index (χ3v) is 5.07. The van der Waals surface area contributed by atoms with E-state index in [1.165, 1.54) is 44.3 Å². The third kappa shape index (κ3) is 5.19. The molecule has 2 aromatic rings. The molecule has 0 spiro atoms. The first-order chi connectivity index (χ1) is 12.1. The molecule has 0 unspecified atom stereocenters. The predicted molar refractivity (Wildman–Crippen MR) is 103 cm³/mol. The van der Waals surface area contributed by atoms with Gasteiger partial charge < -0.3 is 9.73 Å². The van der Waals surface area contributed by atoms with E-state index in [0.717, 1.165) is 17.7 Å². The number of hydrogen-bond acceptors (Lipinski definition) is 3. The van der Waals surface area contributed by atoms with Gasteiger partial charge in [-0.2, -0.15) is 0 Å². The molecular formula is C20H25BrN2O2. The first kappa shape index (κ1) is 18.2. The van der Waals surface area contributed by atoms with Crippen molar-refractivity contribution in [3.05, 3.63) is 57.5 Å². The van der Waals surface area contributed by atoms with Crippen LogP contribution in [0.15, 0.2) is 39.4 Å². The second-order valence-corrected chi connectivity index (χ2v) is 7.53. The Bertz CT molecular complexity index is 701. The van der Waals surface area contributed by atoms with Crippen molar-refractivity contribution in [3.63, 3.8) is 0 Å². The molecule has 0 atom stereocenters. The summed E-state index contributed by atoms with van der Waals surface area (Å²) in [6.07, 6.45) is 5.35. The van der Waals surface area contributed by atoms with Gasteiger partial charge in [-0.25, -0.2) is 0 Å². The molecule has 1 N–H and O–H groups in total. The molecule has 0 saturated carbocycles. The van der Waals surface area contributed by atoms with Gasteiger partial charge in [-0.15, -0.1) is 0 Å². The van der Waals surface area contributed by atoms with Gasteiger partial charge >= 0.3 is 0 Å². The highest BCUT2D eigenvalue weighted by atomic mass is 79.9. The summed E-state index contributed by atoms with van der Waals surface area (Å²) in [5, 5.41) is 2.91. The number of rotatable bonds is 5. The van der Waals surface area contributed by atoms with Crippen molar-refractivity contribution < 1.29 is 9.21 Å². The summed E-state index contributed by atoms with van der Waals surface area (Å²) in [5.74, 6) is 0.182. The normalized spacial score (nSPS) is 15.8. The van der Waals surface area contributed by atoms with Crippen molar-refractivity contribution in [3.8, 4) is 0 Å². The summed E-state index contributed by atoms with van der Waals surface area (Å²) < 4.78 is 5.95. The van der Waals surface area contributed by atoms with Crippen molar-refractivity contribution in [2.45, 2.75) is 45.7 Å². The van der Waals surface area contributed by atoms with Crippen molar-refractivity contribution in [1.29, 1.82) is 0 Å². The molecule has 5 heteroatoms. The van der Waals surface area contributed by atoms with Crippen molar-refractivity contribution in [2.75, 3.05) is 13.1 Å². The van der Waals surface area contributed by atoms with E-state index in [-0.39, 0.29) is 5.91 Å². The number of hydrogen-bond donors (Lipinski definition) is 1. The van der Waals surface area contributed by atoms with Gasteiger partial charge in [-0.1, -0.05) is 37.1 Å². The number of benzene rings is 1. The number of amides is 1. The molecule has 1 fully saturated rings. The van der Waals surface area contributed by atoms with Gasteiger partial charge in [0.1, 0.15) is 0 Å². The number of nitrogens with one attached hydrogen (secondary N) is 1. The molecule has 1 aromatic heterocycles. The topological polar surface area (TPSA) is 45.5 Å². The molecule has 25 heavy (non-hydrogen) atoms. The zero-order valence-electron chi connectivity index (χ0n) is 14.7. The van der Waals surface area contributed by atoms with Crippen LogP contribution >= 0.6 is 15.9 Å². The van der Waals surface area contributed by atoms with Crippen LogP contribution in [-0.4, -0.2) is 23.9 Å². The fourth-order valence-corrected chi connectivity index (χ4v) is 3.75. The number of aryl methyl sites for hydroxylation is 1. The van der Waals surface area contributed by atoms with Crippen LogP contribution in [0.2, 0.25) is 0 Å². The first-order valence-corrected chi connectivity index (χ1v) is 9.75. The number of likely N-dealkylation sites (tertiary alicyclic amines) is 1. The van der Waals surface area contributed by atoms with E-state index in [0.29, 0.717) is 17.0 Å². The van der Waals surface area contributed by atoms with Gasteiger partial charge in [0, 0.05) is 18.7 Å². The van der Waals surface area contributed by atoms with Gasteiger partial charge in [0.2, 0.25) is 0 Å². The Kier molecular flexibility index (Phi) is 6.32. The molecule has 134 valence electrons. The summed E-state index contributed by atoms with van der Waals surface area (Å²) >= 11 is 3.25. The van der Waals surface area contributed by atoms with E-state index in [4.69, 9.17) is 4.42 Å². The summed E-state index contributed by atoms with van der Waals surface area (Å²) in [7, 11) is 0. The van der Waals surface area contributed by atoms with Crippen molar-refractivity contribution >= 4 is 21.8 Å². The molecular weight excluding hydrogens is 380 g/mol. The Morgan fingerprint density at radius 3 is 2.36 bits per heavy atom. The van der Waals surface area contributed by atoms with Crippen LogP contribution in [0.25, 0.3) is 0 Å². The van der Waals surface area contributed by atoms with Gasteiger partial charge in [-0.05, 0) is 66.0 Å². The van der Waals surface area contributed by atoms with E-state index in [1.54, 1.807) is 6.07 Å². The lowest BCUT2D eigenvalue weighted by atomic mass is 10.1. The van der Waals surface area contributed by atoms with Crippen LogP contribution in [0, 0.1) is 6.92 Å². The van der Waals surface area contributed by atoms with Gasteiger partial charge in [0.15, 0.2) is 10.4 Å². The molecule has 0 aliphatic carbocycles. The number of nitrogens with zero attached hydrogens (tertiary/aromatic N) is 1. The summed E-state index contributed by atoms with van der Waals surface area (Å²) in [4.78, 5) is 14.7. The summed E-state index contributed by atoms with van der Waals surface area (Å²) in [6.45, 7) is 5.79. The number of carbonyl (C=O) groups excluding carboxylic acids is 1. The molecule has 0 bridgehead atoms. The minimum atomic E-state index is -0.183. The Morgan fingerprint density at radius 2 is 1.76 bits per heavy atom. The van der Waals surface area contributed by atoms with Crippen LogP contribution < -0.4 is 5.32 Å². The number of furan rings is 1. The maximum atomic E-state index is 12.2. The Balaban J connectivity index is 1.52. The van der Waals surface area contributed by atoms with Crippen LogP contribution in [0.1, 0.15) is 52.9 Å². The molecule has 1 amide bonds. The van der Waals surface area contributed by atoms with Crippen LogP contribution in [0.3, 0.4) is 0 Å². The molecule has 1 aliphatic rings. The standard InChI is InChI=1S/C20H25BrN2O2/c1-15-12-18(21)25-19(15)20(24)22-13-16-6-8-17(9-7-16)14-23-10-4-2-3-5-11-23/h6-9,12H,2-5,10-11,13-14H2,1H3,(H,22,24). The quantitative estimate of drug-likeness (QED) is 0.787. The lowest BCUT2D eigenvalue weighted by Crippen LogP contribution is -2.24. The third-order valence-electron chi connectivity index (χ3n) is 4.67. The Hall–Kier alpha value is -1.59. The summed E-state index contributed by atoms with van der Waals surface area (Å²) in [5.41, 5.74) is 3.26. The fourth-order valence-electron chi connectivity index (χ4n) is 3.25. The van der Waals surface area contributed by atoms with Gasteiger partial charge in [-0.3, -0.25) is 9.69 Å². The van der Waals surface area contributed by atoms with Gasteiger partial charge in [0.05, 0.1) is 0 Å².